The van der Waals surface area contributed by atoms with Gasteiger partial charge in [0.05, 0.1) is 11.9 Å². The highest BCUT2D eigenvalue weighted by atomic mass is 79.9. The van der Waals surface area contributed by atoms with Crippen molar-refractivity contribution < 1.29 is 4.79 Å². The Hall–Kier alpha value is -1.73. The lowest BCUT2D eigenvalue weighted by Gasteiger charge is -1.98. The number of benzene rings is 1. The second-order valence-corrected chi connectivity index (χ2v) is 5.88. The molecule has 20 heavy (non-hydrogen) atoms. The van der Waals surface area contributed by atoms with Crippen LogP contribution in [0.15, 0.2) is 33.8 Å². The zero-order chi connectivity index (χ0) is 14.5. The normalized spacial score (nSPS) is 10.9. The van der Waals surface area contributed by atoms with Gasteiger partial charge in [0.2, 0.25) is 0 Å². The fraction of sp³-hybridized carbons (Fsp3) is 0.154. The largest absolute Gasteiger partial charge is 0.375 e. The van der Waals surface area contributed by atoms with E-state index >= 15 is 0 Å². The van der Waals surface area contributed by atoms with Crippen molar-refractivity contribution >= 4 is 44.5 Å². The van der Waals surface area contributed by atoms with Gasteiger partial charge in [-0.1, -0.05) is 46.3 Å². The highest BCUT2D eigenvalue weighted by molar-refractivity contribution is 9.10. The van der Waals surface area contributed by atoms with Gasteiger partial charge < -0.3 is 5.73 Å². The average Bonchev–Trinajstić information content (AvgIpc) is 2.80. The maximum atomic E-state index is 12.0. The third kappa shape index (κ3) is 3.64. The van der Waals surface area contributed by atoms with Gasteiger partial charge in [0.1, 0.15) is 4.88 Å². The minimum atomic E-state index is -0.290. The van der Waals surface area contributed by atoms with Crippen LogP contribution in [-0.2, 0) is 6.42 Å². The number of nitrogens with one attached hydrogen (secondary N) is 1. The van der Waals surface area contributed by atoms with E-state index in [1.807, 2.05) is 31.2 Å². The molecule has 1 aromatic carbocycles. The Morgan fingerprint density at radius 3 is 3.10 bits per heavy atom. The molecule has 0 aliphatic carbocycles. The summed E-state index contributed by atoms with van der Waals surface area (Å²) in [5.41, 5.74) is 9.68. The quantitative estimate of drug-likeness (QED) is 0.655. The SMILES string of the molecule is CCc1nc(N)sc1C(=O)N/N=C\c1cccc(Br)c1. The number of hydrazone groups is 1. The molecule has 2 aromatic rings. The van der Waals surface area contributed by atoms with Crippen LogP contribution in [0.3, 0.4) is 0 Å². The number of anilines is 1. The molecule has 1 heterocycles. The smallest absolute Gasteiger partial charge is 0.283 e. The summed E-state index contributed by atoms with van der Waals surface area (Å²) in [6.07, 6.45) is 2.24. The Kier molecular flexibility index (Phi) is 4.86. The molecular weight excluding hydrogens is 340 g/mol. The van der Waals surface area contributed by atoms with E-state index in [4.69, 9.17) is 5.73 Å². The van der Waals surface area contributed by atoms with Crippen LogP contribution in [0.4, 0.5) is 5.13 Å². The zero-order valence-corrected chi connectivity index (χ0v) is 13.2. The summed E-state index contributed by atoms with van der Waals surface area (Å²) in [6, 6.07) is 7.61. The molecule has 3 N–H and O–H groups in total. The highest BCUT2D eigenvalue weighted by Crippen LogP contribution is 2.20. The molecule has 5 nitrogen and oxygen atoms in total. The van der Waals surface area contributed by atoms with E-state index in [0.717, 1.165) is 10.0 Å². The Morgan fingerprint density at radius 2 is 2.40 bits per heavy atom. The first-order valence-electron chi connectivity index (χ1n) is 5.94. The summed E-state index contributed by atoms with van der Waals surface area (Å²) in [7, 11) is 0. The summed E-state index contributed by atoms with van der Waals surface area (Å²) in [6.45, 7) is 1.93. The Balaban J connectivity index is 2.05. The fourth-order valence-corrected chi connectivity index (χ4v) is 2.82. The van der Waals surface area contributed by atoms with Gasteiger partial charge in [-0.05, 0) is 24.1 Å². The van der Waals surface area contributed by atoms with Crippen LogP contribution in [-0.4, -0.2) is 17.1 Å². The van der Waals surface area contributed by atoms with Crippen molar-refractivity contribution in [1.29, 1.82) is 0 Å². The first-order chi connectivity index (χ1) is 9.60. The van der Waals surface area contributed by atoms with Crippen molar-refractivity contribution in [2.45, 2.75) is 13.3 Å². The summed E-state index contributed by atoms with van der Waals surface area (Å²) in [4.78, 5) is 16.6. The molecule has 0 aliphatic heterocycles. The monoisotopic (exact) mass is 352 g/mol. The molecule has 0 atom stereocenters. The van der Waals surface area contributed by atoms with Gasteiger partial charge in [-0.2, -0.15) is 5.10 Å². The van der Waals surface area contributed by atoms with Crippen molar-refractivity contribution in [2.75, 3.05) is 5.73 Å². The van der Waals surface area contributed by atoms with E-state index in [-0.39, 0.29) is 5.91 Å². The molecule has 0 radical (unpaired) electrons. The minimum Gasteiger partial charge on any atom is -0.375 e. The number of aromatic nitrogens is 1. The van der Waals surface area contributed by atoms with Gasteiger partial charge in [-0.15, -0.1) is 0 Å². The number of nitrogen functional groups attached to an aromatic ring is 1. The number of carbonyl (C=O) groups excluding carboxylic acids is 1. The Bertz CT molecular complexity index is 654. The number of nitrogens with two attached hydrogens (primary N) is 1. The van der Waals surface area contributed by atoms with E-state index in [1.165, 1.54) is 11.3 Å². The van der Waals surface area contributed by atoms with Gasteiger partial charge in [0, 0.05) is 4.47 Å². The zero-order valence-electron chi connectivity index (χ0n) is 10.8. The highest BCUT2D eigenvalue weighted by Gasteiger charge is 2.15. The number of carbonyl (C=O) groups is 1. The predicted octanol–water partition coefficient (Wildman–Crippen LogP) is 2.81. The van der Waals surface area contributed by atoms with Crippen molar-refractivity contribution in [3.8, 4) is 0 Å². The number of halogens is 1. The average molecular weight is 353 g/mol. The van der Waals surface area contributed by atoms with Crippen LogP contribution < -0.4 is 11.2 Å². The van der Waals surface area contributed by atoms with E-state index in [0.29, 0.717) is 22.1 Å². The minimum absolute atomic E-state index is 0.290. The second kappa shape index (κ2) is 6.62. The van der Waals surface area contributed by atoms with Gasteiger partial charge >= 0.3 is 0 Å². The molecule has 0 bridgehead atoms. The van der Waals surface area contributed by atoms with Crippen LogP contribution in [0.1, 0.15) is 27.9 Å². The van der Waals surface area contributed by atoms with Gasteiger partial charge in [0.15, 0.2) is 5.13 Å². The van der Waals surface area contributed by atoms with Gasteiger partial charge in [-0.25, -0.2) is 10.4 Å². The van der Waals surface area contributed by atoms with Crippen LogP contribution >= 0.6 is 27.3 Å². The molecule has 0 spiro atoms. The lowest BCUT2D eigenvalue weighted by molar-refractivity contribution is 0.0958. The number of hydrogen-bond donors (Lipinski definition) is 2. The number of hydrogen-bond acceptors (Lipinski definition) is 5. The van der Waals surface area contributed by atoms with Crippen molar-refractivity contribution in [1.82, 2.24) is 10.4 Å². The molecule has 1 aromatic heterocycles. The van der Waals surface area contributed by atoms with E-state index in [1.54, 1.807) is 6.21 Å². The number of rotatable bonds is 4. The third-order valence-corrected chi connectivity index (χ3v) is 3.90. The number of nitrogens with zero attached hydrogens (tertiary/aromatic N) is 2. The van der Waals surface area contributed by atoms with Gasteiger partial charge in [0.25, 0.3) is 5.91 Å². The molecular formula is C13H13BrN4OS. The molecule has 0 aliphatic rings. The molecule has 0 saturated carbocycles. The maximum absolute atomic E-state index is 12.0. The number of thiazole rings is 1. The third-order valence-electron chi connectivity index (χ3n) is 2.48. The first-order valence-corrected chi connectivity index (χ1v) is 7.55. The number of amides is 1. The molecule has 1 amide bonds. The Morgan fingerprint density at radius 1 is 1.60 bits per heavy atom. The predicted molar refractivity (Wildman–Crippen MR) is 85.1 cm³/mol. The number of aryl methyl sites for hydroxylation is 1. The standard InChI is InChI=1S/C13H13BrN4OS/c1-2-10-11(20-13(15)17-10)12(19)18-16-7-8-4-3-5-9(14)6-8/h3-7H,2H2,1H3,(H2,15,17)(H,18,19)/b16-7-. The van der Waals surface area contributed by atoms with E-state index in [2.05, 4.69) is 31.4 Å². The molecule has 0 unspecified atom stereocenters. The van der Waals surface area contributed by atoms with Crippen molar-refractivity contribution in [2.24, 2.45) is 5.10 Å². The second-order valence-electron chi connectivity index (χ2n) is 3.94. The van der Waals surface area contributed by atoms with Crippen LogP contribution in [0.25, 0.3) is 0 Å². The molecule has 7 heteroatoms. The van der Waals surface area contributed by atoms with Gasteiger partial charge in [-0.3, -0.25) is 4.79 Å². The lowest BCUT2D eigenvalue weighted by Crippen LogP contribution is -2.17. The first kappa shape index (κ1) is 14.7. The maximum Gasteiger partial charge on any atom is 0.283 e. The molecule has 104 valence electrons. The lowest BCUT2D eigenvalue weighted by atomic mass is 10.2. The van der Waals surface area contributed by atoms with Crippen molar-refractivity contribution in [3.05, 3.63) is 44.9 Å². The van der Waals surface area contributed by atoms with Crippen LogP contribution in [0.5, 0.6) is 0 Å². The topological polar surface area (TPSA) is 80.4 Å². The molecule has 0 fully saturated rings. The Labute approximate surface area is 129 Å². The van der Waals surface area contributed by atoms with E-state index < -0.39 is 0 Å². The van der Waals surface area contributed by atoms with E-state index in [9.17, 15) is 4.79 Å². The summed E-state index contributed by atoms with van der Waals surface area (Å²) in [5, 5.41) is 4.33. The fourth-order valence-electron chi connectivity index (χ4n) is 1.59. The van der Waals surface area contributed by atoms with Crippen LogP contribution in [0, 0.1) is 0 Å². The summed E-state index contributed by atoms with van der Waals surface area (Å²) < 4.78 is 0.955. The molecule has 2 rings (SSSR count). The summed E-state index contributed by atoms with van der Waals surface area (Å²) in [5.74, 6) is -0.290. The summed E-state index contributed by atoms with van der Waals surface area (Å²) >= 11 is 4.54. The van der Waals surface area contributed by atoms with Crippen molar-refractivity contribution in [3.63, 3.8) is 0 Å². The molecule has 0 saturated heterocycles. The van der Waals surface area contributed by atoms with Crippen LogP contribution in [0.2, 0.25) is 0 Å².